The Labute approximate surface area is 133 Å². The lowest BCUT2D eigenvalue weighted by Crippen LogP contribution is -2.44. The summed E-state index contributed by atoms with van der Waals surface area (Å²) in [5.41, 5.74) is 11.9. The minimum absolute atomic E-state index is 0.235. The van der Waals surface area contributed by atoms with E-state index in [9.17, 15) is 12.9 Å². The number of hydrogen-bond acceptors (Lipinski definition) is 3. The van der Waals surface area contributed by atoms with Crippen molar-refractivity contribution in [3.63, 3.8) is 0 Å². The maximum Gasteiger partial charge on any atom is 0.482 e. The Bertz CT molecular complexity index is 647. The molecule has 0 saturated carbocycles. The molecule has 0 spiro atoms. The minimum Gasteiger partial charge on any atom is -0.449 e. The monoisotopic (exact) mass is 326 g/mol. The van der Waals surface area contributed by atoms with Crippen molar-refractivity contribution in [3.05, 3.63) is 32.7 Å². The van der Waals surface area contributed by atoms with Gasteiger partial charge in [-0.25, -0.2) is 0 Å². The molecule has 0 radical (unpaired) electrons. The van der Waals surface area contributed by atoms with Crippen molar-refractivity contribution in [2.45, 2.75) is 27.1 Å². The quantitative estimate of drug-likeness (QED) is 0.395. The van der Waals surface area contributed by atoms with E-state index < -0.39 is 13.3 Å². The molecular formula is C14H20BF3N5-. The summed E-state index contributed by atoms with van der Waals surface area (Å²) < 4.78 is 39.1. The molecule has 1 saturated heterocycles. The van der Waals surface area contributed by atoms with E-state index in [-0.39, 0.29) is 5.56 Å². The van der Waals surface area contributed by atoms with Crippen LogP contribution >= 0.6 is 0 Å². The molecule has 1 aromatic carbocycles. The number of rotatable bonds is 4. The van der Waals surface area contributed by atoms with Crippen molar-refractivity contribution < 1.29 is 12.9 Å². The van der Waals surface area contributed by atoms with E-state index >= 15 is 0 Å². The van der Waals surface area contributed by atoms with E-state index in [4.69, 9.17) is 5.53 Å². The second-order valence-electron chi connectivity index (χ2n) is 5.89. The van der Waals surface area contributed by atoms with Gasteiger partial charge in [0, 0.05) is 42.5 Å². The van der Waals surface area contributed by atoms with Gasteiger partial charge in [0.25, 0.3) is 0 Å². The fraction of sp³-hybridized carbons (Fsp3) is 0.571. The average Bonchev–Trinajstić information content (AvgIpc) is 2.48. The molecule has 126 valence electrons. The summed E-state index contributed by atoms with van der Waals surface area (Å²) >= 11 is 0. The maximum atomic E-state index is 13.0. The summed E-state index contributed by atoms with van der Waals surface area (Å²) in [7, 11) is 0. The molecule has 0 aromatic heterocycles. The lowest BCUT2D eigenvalue weighted by atomic mass is 9.77. The van der Waals surface area contributed by atoms with E-state index in [1.54, 1.807) is 13.8 Å². The van der Waals surface area contributed by atoms with Crippen LogP contribution in [0, 0.1) is 20.8 Å². The van der Waals surface area contributed by atoms with Gasteiger partial charge < -0.3 is 23.2 Å². The number of anilines is 1. The Balaban J connectivity index is 2.66. The van der Waals surface area contributed by atoms with E-state index in [0.717, 1.165) is 37.4 Å². The van der Waals surface area contributed by atoms with Crippen LogP contribution in [0.3, 0.4) is 0 Å². The van der Waals surface area contributed by atoms with Crippen molar-refractivity contribution in [1.29, 1.82) is 0 Å². The number of hydrogen-bond donors (Lipinski definition) is 1. The summed E-state index contributed by atoms with van der Waals surface area (Å²) in [6, 6.07) is 0. The summed E-state index contributed by atoms with van der Waals surface area (Å²) in [5.74, 6) is 0. The zero-order chi connectivity index (χ0) is 17.2. The second kappa shape index (κ2) is 6.72. The topological polar surface area (TPSA) is 64.0 Å². The predicted molar refractivity (Wildman–Crippen MR) is 87.3 cm³/mol. The maximum absolute atomic E-state index is 13.0. The van der Waals surface area contributed by atoms with Gasteiger partial charge in [0.15, 0.2) is 0 Å². The molecule has 0 amide bonds. The minimum atomic E-state index is -4.96. The van der Waals surface area contributed by atoms with Crippen LogP contribution in [0.1, 0.15) is 22.3 Å². The first-order valence-corrected chi connectivity index (χ1v) is 7.60. The van der Waals surface area contributed by atoms with Gasteiger partial charge in [-0.1, -0.05) is 17.0 Å². The van der Waals surface area contributed by atoms with Crippen molar-refractivity contribution in [1.82, 2.24) is 5.32 Å². The lowest BCUT2D eigenvalue weighted by Gasteiger charge is -2.34. The SMILES string of the molecule is Cc1c(C[B-](F)(F)F)c(C)c(N2CCNCC2)c(C)c1N=[N+]=[N-]. The molecule has 23 heavy (non-hydrogen) atoms. The Hall–Kier alpha value is -1.86. The van der Waals surface area contributed by atoms with Crippen molar-refractivity contribution in [3.8, 4) is 0 Å². The molecule has 1 fully saturated rings. The highest BCUT2D eigenvalue weighted by atomic mass is 19.4. The highest BCUT2D eigenvalue weighted by Gasteiger charge is 2.28. The highest BCUT2D eigenvalue weighted by Crippen LogP contribution is 2.40. The van der Waals surface area contributed by atoms with Gasteiger partial charge >= 0.3 is 6.98 Å². The molecule has 1 aliphatic rings. The summed E-state index contributed by atoms with van der Waals surface area (Å²) in [6.45, 7) is 3.18. The molecule has 0 atom stereocenters. The number of piperazine rings is 1. The van der Waals surface area contributed by atoms with Gasteiger partial charge in [-0.2, -0.15) is 0 Å². The van der Waals surface area contributed by atoms with Gasteiger partial charge in [0.05, 0.1) is 0 Å². The van der Waals surface area contributed by atoms with E-state index in [0.29, 0.717) is 16.8 Å². The first-order chi connectivity index (χ1) is 10.8. The van der Waals surface area contributed by atoms with Crippen LogP contribution in [0.25, 0.3) is 10.4 Å². The number of nitrogens with one attached hydrogen (secondary N) is 1. The predicted octanol–water partition coefficient (Wildman–Crippen LogP) is 3.89. The van der Waals surface area contributed by atoms with Gasteiger partial charge in [0.1, 0.15) is 0 Å². The standard InChI is InChI=1S/C14H20BF3N5/c1-9-12(8-15(16,17)18)10(2)14(11(3)13(9)21-22-19)23-6-4-20-5-7-23/h20H,4-8H2,1-3H3/q-1. The third-order valence-electron chi connectivity index (χ3n) is 4.34. The average molecular weight is 326 g/mol. The third kappa shape index (κ3) is 3.73. The summed E-state index contributed by atoms with van der Waals surface area (Å²) in [4.78, 5) is 4.87. The number of halogens is 3. The summed E-state index contributed by atoms with van der Waals surface area (Å²) in [6.07, 6.45) is -0.953. The van der Waals surface area contributed by atoms with Gasteiger partial charge in [-0.3, -0.25) is 0 Å². The molecule has 0 aliphatic carbocycles. The van der Waals surface area contributed by atoms with Crippen molar-refractivity contribution in [2.24, 2.45) is 5.11 Å². The normalized spacial score (nSPS) is 15.5. The lowest BCUT2D eigenvalue weighted by molar-refractivity contribution is 0.468. The Kier molecular flexibility index (Phi) is 5.11. The molecule has 0 unspecified atom stereocenters. The van der Waals surface area contributed by atoms with Crippen LogP contribution in [0.2, 0.25) is 0 Å². The Morgan fingerprint density at radius 1 is 1.13 bits per heavy atom. The van der Waals surface area contributed by atoms with Crippen LogP contribution < -0.4 is 10.2 Å². The number of nitrogens with zero attached hydrogens (tertiary/aromatic N) is 4. The Morgan fingerprint density at radius 2 is 1.74 bits per heavy atom. The largest absolute Gasteiger partial charge is 0.482 e. The molecule has 1 aromatic rings. The number of benzene rings is 1. The Morgan fingerprint density at radius 3 is 2.26 bits per heavy atom. The molecule has 1 aliphatic heterocycles. The first-order valence-electron chi connectivity index (χ1n) is 7.60. The van der Waals surface area contributed by atoms with E-state index in [1.807, 2.05) is 6.92 Å². The van der Waals surface area contributed by atoms with Gasteiger partial charge in [0.2, 0.25) is 0 Å². The fourth-order valence-corrected chi connectivity index (χ4v) is 3.34. The molecule has 9 heteroatoms. The smallest absolute Gasteiger partial charge is 0.449 e. The van der Waals surface area contributed by atoms with Crippen LogP contribution in [0.4, 0.5) is 24.3 Å². The third-order valence-corrected chi connectivity index (χ3v) is 4.34. The number of azide groups is 1. The van der Waals surface area contributed by atoms with Gasteiger partial charge in [-0.05, 0) is 43.0 Å². The summed E-state index contributed by atoms with van der Waals surface area (Å²) in [5, 5.41) is 6.90. The van der Waals surface area contributed by atoms with E-state index in [1.165, 1.54) is 0 Å². The molecular weight excluding hydrogens is 306 g/mol. The fourth-order valence-electron chi connectivity index (χ4n) is 3.34. The molecule has 1 N–H and O–H groups in total. The van der Waals surface area contributed by atoms with E-state index in [2.05, 4.69) is 20.2 Å². The second-order valence-corrected chi connectivity index (χ2v) is 5.89. The van der Waals surface area contributed by atoms with Crippen LogP contribution in [0.5, 0.6) is 0 Å². The van der Waals surface area contributed by atoms with Crippen LogP contribution in [-0.4, -0.2) is 33.2 Å². The zero-order valence-electron chi connectivity index (χ0n) is 13.5. The van der Waals surface area contributed by atoms with Crippen LogP contribution in [0.15, 0.2) is 5.11 Å². The van der Waals surface area contributed by atoms with Crippen molar-refractivity contribution in [2.75, 3.05) is 31.1 Å². The zero-order valence-corrected chi connectivity index (χ0v) is 13.5. The molecule has 1 heterocycles. The molecule has 2 rings (SSSR count). The highest BCUT2D eigenvalue weighted by molar-refractivity contribution is 6.58. The first kappa shape index (κ1) is 17.5. The van der Waals surface area contributed by atoms with Crippen LogP contribution in [-0.2, 0) is 6.32 Å². The molecule has 5 nitrogen and oxygen atoms in total. The van der Waals surface area contributed by atoms with Gasteiger partial charge in [-0.15, -0.1) is 0 Å². The molecule has 0 bridgehead atoms. The van der Waals surface area contributed by atoms with Crippen molar-refractivity contribution >= 4 is 18.4 Å².